The zero-order valence-corrected chi connectivity index (χ0v) is 41.6. The molecule has 0 bridgehead atoms. The number of phenols is 2. The number of aromatic nitrogens is 4. The zero-order valence-electron chi connectivity index (χ0n) is 37.4. The molecule has 3 aliphatic heterocycles. The van der Waals surface area contributed by atoms with E-state index in [9.17, 15) is 58.3 Å². The molecule has 5 heterocycles. The fraction of sp³-hybridized carbons (Fsp3) is 0.359. The average Bonchev–Trinajstić information content (AvgIpc) is 3.92. The van der Waals surface area contributed by atoms with Crippen molar-refractivity contribution < 1.29 is 105 Å². The Hall–Kier alpha value is -5.58. The highest BCUT2D eigenvalue weighted by atomic mass is 35.5. The number of aromatic amines is 1. The van der Waals surface area contributed by atoms with Gasteiger partial charge in [0.2, 0.25) is 11.9 Å². The van der Waals surface area contributed by atoms with Crippen molar-refractivity contribution in [2.45, 2.75) is 55.8 Å². The molecule has 0 saturated carbocycles. The third kappa shape index (κ3) is 10.3. The Morgan fingerprint density at radius 1 is 0.877 bits per heavy atom. The first-order valence-electron chi connectivity index (χ1n) is 21.1. The third-order valence-corrected chi connectivity index (χ3v) is 15.9. The fourth-order valence-corrected chi connectivity index (χ4v) is 11.7. The van der Waals surface area contributed by atoms with Gasteiger partial charge >= 0.3 is 35.4 Å². The van der Waals surface area contributed by atoms with Gasteiger partial charge in [0.15, 0.2) is 57.5 Å². The van der Waals surface area contributed by atoms with Gasteiger partial charge in [0, 0.05) is 12.1 Å². The van der Waals surface area contributed by atoms with Crippen LogP contribution < -0.4 is 30.8 Å². The number of imidazole rings is 1. The van der Waals surface area contributed by atoms with E-state index in [1.54, 1.807) is 0 Å². The molecule has 73 heavy (non-hydrogen) atoms. The van der Waals surface area contributed by atoms with Crippen LogP contribution in [0.3, 0.4) is 0 Å². The van der Waals surface area contributed by atoms with E-state index in [2.05, 4.69) is 33.4 Å². The van der Waals surface area contributed by atoms with Crippen molar-refractivity contribution in [3.63, 3.8) is 0 Å². The molecule has 6 atom stereocenters. The minimum Gasteiger partial charge on any atom is -0.503 e. The molecule has 394 valence electrons. The van der Waals surface area contributed by atoms with Crippen molar-refractivity contribution in [1.82, 2.24) is 19.5 Å². The molecule has 1 saturated heterocycles. The maximum atomic E-state index is 13.6. The van der Waals surface area contributed by atoms with Gasteiger partial charge in [0.25, 0.3) is 5.56 Å². The van der Waals surface area contributed by atoms with E-state index in [1.807, 2.05) is 0 Å². The minimum absolute atomic E-state index is 0.0105. The first-order chi connectivity index (χ1) is 34.3. The lowest BCUT2D eigenvalue weighted by Gasteiger charge is -2.37. The number of hydrogen-bond donors (Lipinski definition) is 11. The Bertz CT molecular complexity index is 3200. The van der Waals surface area contributed by atoms with E-state index in [4.69, 9.17) is 67.1 Å². The van der Waals surface area contributed by atoms with E-state index in [1.165, 1.54) is 44.6 Å². The lowest BCUT2D eigenvalue weighted by Crippen LogP contribution is -2.34. The van der Waals surface area contributed by atoms with E-state index >= 15 is 0 Å². The maximum absolute atomic E-state index is 13.6. The minimum atomic E-state index is -5.87. The summed E-state index contributed by atoms with van der Waals surface area (Å²) in [6, 6.07) is 6.82. The molecule has 2 aromatic heterocycles. The molecule has 3 aromatic carbocycles. The van der Waals surface area contributed by atoms with Crippen LogP contribution in [-0.2, 0) is 46.7 Å². The number of nitrogens with zero attached hydrogens (tertiary/aromatic N) is 3. The number of ether oxygens (including phenoxy) is 6. The summed E-state index contributed by atoms with van der Waals surface area (Å²) < 4.78 is 82.2. The van der Waals surface area contributed by atoms with E-state index in [0.29, 0.717) is 25.7 Å². The number of H-pyrrole nitrogens is 1. The quantitative estimate of drug-likeness (QED) is 0.0318. The number of rotatable bonds is 19. The summed E-state index contributed by atoms with van der Waals surface area (Å²) in [6.45, 7) is -1.00. The molecule has 5 aromatic rings. The molecule has 12 N–H and O–H groups in total. The van der Waals surface area contributed by atoms with E-state index < -0.39 is 89.2 Å². The van der Waals surface area contributed by atoms with Crippen molar-refractivity contribution in [1.29, 1.82) is 0 Å². The first-order valence-corrected chi connectivity index (χ1v) is 26.3. The molecule has 2 unspecified atom stereocenters. The number of carbonyl (C=O) groups excluding carboxylic acids is 2. The number of phosphoric acid groups is 3. The third-order valence-electron chi connectivity index (χ3n) is 11.4. The van der Waals surface area contributed by atoms with Gasteiger partial charge in [-0.2, -0.15) is 13.6 Å². The normalized spacial score (nSPS) is 20.3. The van der Waals surface area contributed by atoms with Gasteiger partial charge in [-0.1, -0.05) is 29.6 Å². The van der Waals surface area contributed by atoms with Gasteiger partial charge in [-0.25, -0.2) is 28.3 Å². The molecule has 0 amide bonds. The second kappa shape index (κ2) is 20.3. The molecule has 0 aliphatic carbocycles. The van der Waals surface area contributed by atoms with E-state index in [-0.39, 0.29) is 97.1 Å². The predicted molar refractivity (Wildman–Crippen MR) is 247 cm³/mol. The molecule has 8 rings (SSSR count). The number of phosphoric ester groups is 1. The van der Waals surface area contributed by atoms with Crippen molar-refractivity contribution in [2.75, 3.05) is 45.0 Å². The van der Waals surface area contributed by atoms with Gasteiger partial charge in [0.1, 0.15) is 28.4 Å². The molecule has 1 fully saturated rings. The Kier molecular flexibility index (Phi) is 14.9. The van der Waals surface area contributed by atoms with Crippen LogP contribution >= 0.6 is 46.7 Å². The van der Waals surface area contributed by atoms with Crippen molar-refractivity contribution in [3.05, 3.63) is 78.5 Å². The Morgan fingerprint density at radius 2 is 1.51 bits per heavy atom. The largest absolute Gasteiger partial charge is 0.503 e. The Balaban J connectivity index is 0.915. The summed E-state index contributed by atoms with van der Waals surface area (Å²) in [4.78, 5) is 87.4. The number of halogens is 2. The number of unbranched alkanes of at least 4 members (excludes halogenated alkanes) is 3. The van der Waals surface area contributed by atoms with Crippen molar-refractivity contribution >= 4 is 81.7 Å². The lowest BCUT2D eigenvalue weighted by atomic mass is 9.77. The van der Waals surface area contributed by atoms with Gasteiger partial charge in [-0.3, -0.25) is 18.9 Å². The van der Waals surface area contributed by atoms with Crippen LogP contribution in [0.15, 0.2) is 35.1 Å². The Morgan fingerprint density at radius 3 is 2.12 bits per heavy atom. The highest BCUT2D eigenvalue weighted by Gasteiger charge is 2.56. The van der Waals surface area contributed by atoms with Crippen LogP contribution in [0.2, 0.25) is 10.0 Å². The Labute approximate surface area is 418 Å². The summed E-state index contributed by atoms with van der Waals surface area (Å²) >= 11 is 13.2. The molecule has 1 spiro atoms. The molecule has 34 heteroatoms. The summed E-state index contributed by atoms with van der Waals surface area (Å²) in [7, 11) is -14.7. The topological polar surface area (TPSA) is 432 Å². The van der Waals surface area contributed by atoms with Crippen molar-refractivity contribution in [3.8, 4) is 34.5 Å². The highest BCUT2D eigenvalue weighted by Crippen LogP contribution is 2.67. The molecule has 29 nitrogen and oxygen atoms in total. The number of nitrogens with two attached hydrogens (primary N) is 1. The number of nitrogen functional groups attached to an aromatic ring is 1. The number of aliphatic hydroxyl groups excluding tert-OH is 2. The number of fused-ring (bicyclic) bond motifs is 7. The number of aliphatic hydroxyl groups is 2. The number of carbonyl (C=O) groups is 2. The van der Waals surface area contributed by atoms with Gasteiger partial charge in [-0.15, -0.1) is 0 Å². The number of methoxy groups -OCH3 is 2. The summed E-state index contributed by atoms with van der Waals surface area (Å²) in [5, 5.41) is 45.7. The lowest BCUT2D eigenvalue weighted by molar-refractivity contribution is -0.0493. The number of aromatic hydroxyl groups is 2. The zero-order chi connectivity index (χ0) is 53.1. The number of anilines is 2. The number of esters is 2. The molecular formula is C39H41Cl2N6O23P3. The monoisotopic (exact) mass is 1120 g/mol. The maximum Gasteiger partial charge on any atom is 0.490 e. The number of benzene rings is 3. The SMILES string of the molecule is COc1cc2c(c(Cl)c1O)Oc1c(cc(OC)c(O)c1Cl)C21OC(=O)c2ccc(C(=O)OCCCCCCNc3nc4c(=O)[nH]c(N)nc4n3[C@@H]3O[C@H](COP(=O)(O)OP(=O)(O)OP(=O)(O)O)[C@@H](O)[C@H]3O)cc21. The summed E-state index contributed by atoms with van der Waals surface area (Å²) in [5.41, 5.74) is 2.85. The number of nitrogens with one attached hydrogen (secondary N) is 2. The van der Waals surface area contributed by atoms with Gasteiger partial charge < -0.3 is 79.5 Å². The molecule has 3 aliphatic rings. The fourth-order valence-electron chi connectivity index (χ4n) is 8.22. The van der Waals surface area contributed by atoms with Crippen LogP contribution in [0.25, 0.3) is 11.2 Å². The van der Waals surface area contributed by atoms with E-state index in [0.717, 1.165) is 4.57 Å². The molecular weight excluding hydrogens is 1080 g/mol. The number of hydrogen-bond acceptors (Lipinski definition) is 23. The van der Waals surface area contributed by atoms with Gasteiger partial charge in [0.05, 0.1) is 49.7 Å². The van der Waals surface area contributed by atoms with Crippen LogP contribution in [0, 0.1) is 0 Å². The summed E-state index contributed by atoms with van der Waals surface area (Å²) in [6.07, 6.45) is -5.24. The van der Waals surface area contributed by atoms with Crippen LogP contribution in [-0.4, -0.2) is 124 Å². The number of phenolic OH excluding ortho intramolecular Hbond substituents is 2. The standard InChI is InChI=1S/C39H41Cl2N6O23P3/c1-62-20-12-18-30(23(40)26(20)48)67-31-19(13-21(63-2)27(49)24(31)41)39(18)17-11-15(7-8-16(17)36(54)68-39)35(53)64-10-6-4-3-5-9-43-38-44-25-32(45-37(42)46-33(25)52)47(38)34-29(51)28(50)22(66-34)14-65-72(58,59)70-73(60,61)69-71(55,56)57/h7-8,11-13,22,28-29,34,48-51H,3-6,9-10,14H2,1-2H3,(H,43,44)(H,58,59)(H,60,61)(H2,55,56,57)(H3,42,45,46,52)/t22-,28-,29-,34-/m1/s1. The molecule has 0 radical (unpaired) electrons. The average molecular weight is 1130 g/mol. The second-order valence-corrected chi connectivity index (χ2v) is 21.2. The second-order valence-electron chi connectivity index (χ2n) is 16.0. The van der Waals surface area contributed by atoms with Crippen LogP contribution in [0.4, 0.5) is 11.9 Å². The van der Waals surface area contributed by atoms with Crippen LogP contribution in [0.5, 0.6) is 34.5 Å². The summed E-state index contributed by atoms with van der Waals surface area (Å²) in [5.74, 6) is -3.68. The van der Waals surface area contributed by atoms with Crippen molar-refractivity contribution in [2.24, 2.45) is 0 Å². The predicted octanol–water partition coefficient (Wildman–Crippen LogP) is 3.80. The first kappa shape index (κ1) is 53.7. The highest BCUT2D eigenvalue weighted by molar-refractivity contribution is 7.66. The van der Waals surface area contributed by atoms with Gasteiger partial charge in [-0.05, 0) is 49.6 Å². The smallest absolute Gasteiger partial charge is 0.490 e. The van der Waals surface area contributed by atoms with Crippen LogP contribution in [0.1, 0.15) is 69.3 Å².